The minimum atomic E-state index is -0.781. The second-order valence-corrected chi connectivity index (χ2v) is 3.33. The number of rotatable bonds is 4. The molecule has 0 heterocycles. The highest BCUT2D eigenvalue weighted by Gasteiger charge is 2.21. The molecule has 0 aliphatic rings. The average Bonchev–Trinajstić information content (AvgIpc) is 2.30. The Bertz CT molecular complexity index is 357. The molecule has 0 bridgehead atoms. The van der Waals surface area contributed by atoms with E-state index in [1.54, 1.807) is 19.2 Å². The van der Waals surface area contributed by atoms with Crippen LogP contribution in [0.15, 0.2) is 24.3 Å². The van der Waals surface area contributed by atoms with E-state index in [9.17, 15) is 5.11 Å². The molecule has 0 saturated carbocycles. The van der Waals surface area contributed by atoms with E-state index in [0.717, 1.165) is 0 Å². The molecule has 0 saturated heterocycles. The smallest absolute Gasteiger partial charge is 0.124 e. The van der Waals surface area contributed by atoms with Gasteiger partial charge in [0.05, 0.1) is 25.2 Å². The number of para-hydroxylation sites is 1. The predicted molar refractivity (Wildman–Crippen MR) is 57.3 cm³/mol. The van der Waals surface area contributed by atoms with Gasteiger partial charge in [0, 0.05) is 5.56 Å². The summed E-state index contributed by atoms with van der Waals surface area (Å²) in [6.45, 7) is 1.88. The maximum absolute atomic E-state index is 9.99. The Labute approximate surface area is 89.9 Å². The van der Waals surface area contributed by atoms with E-state index in [1.807, 2.05) is 19.1 Å². The molecular formula is C12H15NO2. The van der Waals surface area contributed by atoms with E-state index in [2.05, 4.69) is 6.07 Å². The largest absolute Gasteiger partial charge is 0.496 e. The van der Waals surface area contributed by atoms with Crippen LogP contribution in [0.5, 0.6) is 5.75 Å². The zero-order valence-electron chi connectivity index (χ0n) is 8.97. The number of nitriles is 1. The van der Waals surface area contributed by atoms with E-state index in [4.69, 9.17) is 10.00 Å². The fourth-order valence-electron chi connectivity index (χ4n) is 1.51. The van der Waals surface area contributed by atoms with Crippen LogP contribution in [-0.2, 0) is 0 Å². The third-order valence-electron chi connectivity index (χ3n) is 2.44. The summed E-state index contributed by atoms with van der Waals surface area (Å²) in [7, 11) is 1.55. The van der Waals surface area contributed by atoms with Crippen molar-refractivity contribution in [3.8, 4) is 11.8 Å². The summed E-state index contributed by atoms with van der Waals surface area (Å²) in [5, 5.41) is 18.9. The van der Waals surface area contributed by atoms with Crippen LogP contribution in [0, 0.1) is 17.2 Å². The van der Waals surface area contributed by atoms with Crippen molar-refractivity contribution >= 4 is 0 Å². The number of hydrogen-bond donors (Lipinski definition) is 1. The van der Waals surface area contributed by atoms with Crippen LogP contribution in [0.1, 0.15) is 25.0 Å². The Hall–Kier alpha value is -1.53. The third-order valence-corrected chi connectivity index (χ3v) is 2.44. The predicted octanol–water partition coefficient (Wildman–Crippen LogP) is 2.28. The molecule has 0 amide bonds. The first kappa shape index (κ1) is 11.5. The summed E-state index contributed by atoms with van der Waals surface area (Å²) < 4.78 is 5.14. The fraction of sp³-hybridized carbons (Fsp3) is 0.417. The van der Waals surface area contributed by atoms with E-state index in [1.165, 1.54) is 0 Å². The van der Waals surface area contributed by atoms with Gasteiger partial charge in [-0.3, -0.25) is 0 Å². The minimum absolute atomic E-state index is 0.388. The molecule has 1 aromatic carbocycles. The van der Waals surface area contributed by atoms with E-state index in [0.29, 0.717) is 17.7 Å². The monoisotopic (exact) mass is 205 g/mol. The first-order valence-electron chi connectivity index (χ1n) is 4.95. The summed E-state index contributed by atoms with van der Waals surface area (Å²) in [6.07, 6.45) is -0.161. The van der Waals surface area contributed by atoms with Gasteiger partial charge in [-0.1, -0.05) is 25.1 Å². The average molecular weight is 205 g/mol. The maximum atomic E-state index is 9.99. The Morgan fingerprint density at radius 3 is 2.67 bits per heavy atom. The number of ether oxygens (including phenoxy) is 1. The Kier molecular flexibility index (Phi) is 4.14. The van der Waals surface area contributed by atoms with Gasteiger partial charge in [0.2, 0.25) is 0 Å². The van der Waals surface area contributed by atoms with Gasteiger partial charge in [-0.05, 0) is 12.5 Å². The zero-order valence-corrected chi connectivity index (χ0v) is 8.97. The highest BCUT2D eigenvalue weighted by molar-refractivity contribution is 5.35. The number of benzene rings is 1. The molecule has 3 nitrogen and oxygen atoms in total. The lowest BCUT2D eigenvalue weighted by atomic mass is 9.94. The normalized spacial score (nSPS) is 14.0. The molecular weight excluding hydrogens is 190 g/mol. The molecule has 0 fully saturated rings. The van der Waals surface area contributed by atoms with Gasteiger partial charge < -0.3 is 9.84 Å². The summed E-state index contributed by atoms with van der Waals surface area (Å²) in [5.41, 5.74) is 0.674. The standard InChI is InChI=1S/C12H15NO2/c1-3-9(8-13)12(14)10-6-4-5-7-11(10)15-2/h4-7,9,12,14H,3H2,1-2H3. The summed E-state index contributed by atoms with van der Waals surface area (Å²) in [6, 6.07) is 9.32. The van der Waals surface area contributed by atoms with Crippen LogP contribution in [0.3, 0.4) is 0 Å². The van der Waals surface area contributed by atoms with Gasteiger partial charge >= 0.3 is 0 Å². The summed E-state index contributed by atoms with van der Waals surface area (Å²) in [4.78, 5) is 0. The van der Waals surface area contributed by atoms with E-state index in [-0.39, 0.29) is 5.92 Å². The SMILES string of the molecule is CCC(C#N)C(O)c1ccccc1OC. The molecule has 1 N–H and O–H groups in total. The van der Waals surface area contributed by atoms with Gasteiger partial charge in [0.15, 0.2) is 0 Å². The first-order chi connectivity index (χ1) is 7.24. The fourth-order valence-corrected chi connectivity index (χ4v) is 1.51. The molecule has 1 rings (SSSR count). The first-order valence-corrected chi connectivity index (χ1v) is 4.95. The number of methoxy groups -OCH3 is 1. The zero-order chi connectivity index (χ0) is 11.3. The second-order valence-electron chi connectivity index (χ2n) is 3.33. The summed E-state index contributed by atoms with van der Waals surface area (Å²) in [5.74, 6) is 0.236. The molecule has 15 heavy (non-hydrogen) atoms. The number of hydrogen-bond acceptors (Lipinski definition) is 3. The van der Waals surface area contributed by atoms with Crippen LogP contribution in [-0.4, -0.2) is 12.2 Å². The molecule has 0 aliphatic heterocycles. The molecule has 0 aliphatic carbocycles. The number of nitrogens with zero attached hydrogens (tertiary/aromatic N) is 1. The Morgan fingerprint density at radius 1 is 1.47 bits per heavy atom. The molecule has 3 heteroatoms. The van der Waals surface area contributed by atoms with Gasteiger partial charge in [0.1, 0.15) is 5.75 Å². The number of aliphatic hydroxyl groups excluding tert-OH is 1. The number of aliphatic hydroxyl groups is 1. The molecule has 2 unspecified atom stereocenters. The van der Waals surface area contributed by atoms with Gasteiger partial charge in [-0.15, -0.1) is 0 Å². The third kappa shape index (κ3) is 2.48. The molecule has 0 radical (unpaired) electrons. The second kappa shape index (κ2) is 5.38. The van der Waals surface area contributed by atoms with Gasteiger partial charge in [-0.2, -0.15) is 5.26 Å². The molecule has 0 spiro atoms. The van der Waals surface area contributed by atoms with Crippen molar-refractivity contribution in [3.63, 3.8) is 0 Å². The van der Waals surface area contributed by atoms with E-state index >= 15 is 0 Å². The molecule has 1 aromatic rings. The van der Waals surface area contributed by atoms with Gasteiger partial charge in [-0.25, -0.2) is 0 Å². The van der Waals surface area contributed by atoms with Crippen LogP contribution in [0.25, 0.3) is 0 Å². The van der Waals surface area contributed by atoms with Crippen LogP contribution in [0.2, 0.25) is 0 Å². The Morgan fingerprint density at radius 2 is 2.13 bits per heavy atom. The topological polar surface area (TPSA) is 53.2 Å². The molecule has 0 aromatic heterocycles. The lowest BCUT2D eigenvalue weighted by molar-refractivity contribution is 0.129. The summed E-state index contributed by atoms with van der Waals surface area (Å²) >= 11 is 0. The van der Waals surface area contributed by atoms with Crippen molar-refractivity contribution in [2.75, 3.05) is 7.11 Å². The molecule has 80 valence electrons. The lowest BCUT2D eigenvalue weighted by Gasteiger charge is -2.17. The van der Waals surface area contributed by atoms with Crippen molar-refractivity contribution in [2.45, 2.75) is 19.4 Å². The minimum Gasteiger partial charge on any atom is -0.496 e. The molecule has 2 atom stereocenters. The van der Waals surface area contributed by atoms with Crippen LogP contribution in [0.4, 0.5) is 0 Å². The van der Waals surface area contributed by atoms with Crippen LogP contribution < -0.4 is 4.74 Å². The van der Waals surface area contributed by atoms with Crippen molar-refractivity contribution in [1.82, 2.24) is 0 Å². The highest BCUT2D eigenvalue weighted by Crippen LogP contribution is 2.30. The maximum Gasteiger partial charge on any atom is 0.124 e. The quantitative estimate of drug-likeness (QED) is 0.820. The Balaban J connectivity index is 3.00. The van der Waals surface area contributed by atoms with Crippen molar-refractivity contribution in [1.29, 1.82) is 5.26 Å². The van der Waals surface area contributed by atoms with E-state index < -0.39 is 6.10 Å². The van der Waals surface area contributed by atoms with Gasteiger partial charge in [0.25, 0.3) is 0 Å². The van der Waals surface area contributed by atoms with Crippen LogP contribution >= 0.6 is 0 Å². The van der Waals surface area contributed by atoms with Crippen molar-refractivity contribution in [2.24, 2.45) is 5.92 Å². The lowest BCUT2D eigenvalue weighted by Crippen LogP contribution is -2.10. The highest BCUT2D eigenvalue weighted by atomic mass is 16.5. The van der Waals surface area contributed by atoms with Crippen molar-refractivity contribution in [3.05, 3.63) is 29.8 Å². The van der Waals surface area contributed by atoms with Crippen molar-refractivity contribution < 1.29 is 9.84 Å².